The summed E-state index contributed by atoms with van der Waals surface area (Å²) in [6, 6.07) is 1.66. The van der Waals surface area contributed by atoms with Crippen LogP contribution in [0.15, 0.2) is 17.1 Å². The molecule has 0 radical (unpaired) electrons. The van der Waals surface area contributed by atoms with Gasteiger partial charge < -0.3 is 15.2 Å². The van der Waals surface area contributed by atoms with E-state index in [9.17, 15) is 9.59 Å². The average molecular weight is 246 g/mol. The van der Waals surface area contributed by atoms with Gasteiger partial charge in [-0.1, -0.05) is 0 Å². The van der Waals surface area contributed by atoms with Crippen LogP contribution < -0.4 is 16.2 Å². The Morgan fingerprint density at radius 3 is 2.69 bits per heavy atom. The van der Waals surface area contributed by atoms with Crippen LogP contribution in [-0.4, -0.2) is 24.1 Å². The third-order valence-corrected chi connectivity index (χ3v) is 1.93. The van der Waals surface area contributed by atoms with Gasteiger partial charge in [0.1, 0.15) is 5.69 Å². The lowest BCUT2D eigenvalue weighted by molar-refractivity contribution is -0.115. The van der Waals surface area contributed by atoms with Crippen molar-refractivity contribution in [3.63, 3.8) is 0 Å². The number of hydrogen-bond donors (Lipinski definition) is 2. The van der Waals surface area contributed by atoms with Crippen LogP contribution in [0.25, 0.3) is 0 Å². The van der Waals surface area contributed by atoms with Gasteiger partial charge in [-0.15, -0.1) is 12.4 Å². The lowest BCUT2D eigenvalue weighted by Gasteiger charge is -2.07. The first kappa shape index (κ1) is 14.7. The first-order chi connectivity index (χ1) is 7.04. The first-order valence-electron chi connectivity index (χ1n) is 4.66. The quantitative estimate of drug-likeness (QED) is 0.804. The number of likely N-dealkylation sites (N-methyl/N-ethyl adjacent to an activating group) is 1. The molecular formula is C10H16ClN3O2. The van der Waals surface area contributed by atoms with Crippen molar-refractivity contribution >= 4 is 24.0 Å². The van der Waals surface area contributed by atoms with Gasteiger partial charge in [-0.2, -0.15) is 0 Å². The van der Waals surface area contributed by atoms with E-state index in [1.807, 2.05) is 6.92 Å². The molecule has 1 amide bonds. The molecule has 1 aromatic rings. The van der Waals surface area contributed by atoms with Crippen LogP contribution in [0, 0.1) is 6.92 Å². The Labute approximate surface area is 100 Å². The normalized spacial score (nSPS) is 9.44. The summed E-state index contributed by atoms with van der Waals surface area (Å²) in [6.45, 7) is 2.06. The number of nitrogens with zero attached hydrogens (tertiary/aromatic N) is 1. The van der Waals surface area contributed by atoms with E-state index < -0.39 is 0 Å². The molecule has 0 unspecified atom stereocenters. The molecule has 6 heteroatoms. The number of amides is 1. The monoisotopic (exact) mass is 245 g/mol. The molecule has 5 nitrogen and oxygen atoms in total. The minimum atomic E-state index is -0.222. The number of aryl methyl sites for hydroxylation is 2. The highest BCUT2D eigenvalue weighted by Crippen LogP contribution is 2.02. The predicted molar refractivity (Wildman–Crippen MR) is 66.2 cm³/mol. The van der Waals surface area contributed by atoms with E-state index in [-0.39, 0.29) is 30.4 Å². The van der Waals surface area contributed by atoms with Crippen LogP contribution in [0.4, 0.5) is 5.69 Å². The molecule has 0 saturated carbocycles. The number of halogens is 1. The van der Waals surface area contributed by atoms with Gasteiger partial charge in [0.25, 0.3) is 5.56 Å². The molecule has 90 valence electrons. The Bertz CT molecular complexity index is 429. The summed E-state index contributed by atoms with van der Waals surface area (Å²) in [4.78, 5) is 22.9. The topological polar surface area (TPSA) is 63.1 Å². The van der Waals surface area contributed by atoms with Crippen molar-refractivity contribution in [1.29, 1.82) is 0 Å². The third-order valence-electron chi connectivity index (χ3n) is 1.93. The van der Waals surface area contributed by atoms with E-state index >= 15 is 0 Å². The molecule has 0 bridgehead atoms. The van der Waals surface area contributed by atoms with E-state index in [1.165, 1.54) is 4.57 Å². The molecule has 0 fully saturated rings. The van der Waals surface area contributed by atoms with Crippen LogP contribution in [0.1, 0.15) is 5.56 Å². The largest absolute Gasteiger partial charge is 0.320 e. The summed E-state index contributed by atoms with van der Waals surface area (Å²) in [5.74, 6) is -0.222. The van der Waals surface area contributed by atoms with Crippen molar-refractivity contribution in [2.24, 2.45) is 7.05 Å². The van der Waals surface area contributed by atoms with E-state index in [4.69, 9.17) is 0 Å². The number of nitrogens with one attached hydrogen (secondary N) is 2. The summed E-state index contributed by atoms with van der Waals surface area (Å²) >= 11 is 0. The zero-order valence-corrected chi connectivity index (χ0v) is 10.4. The molecule has 0 aromatic carbocycles. The number of aromatic nitrogens is 1. The highest BCUT2D eigenvalue weighted by Gasteiger charge is 2.06. The number of rotatable bonds is 3. The molecule has 1 aromatic heterocycles. The van der Waals surface area contributed by atoms with Crippen LogP contribution in [0.2, 0.25) is 0 Å². The lowest BCUT2D eigenvalue weighted by Crippen LogP contribution is -2.29. The van der Waals surface area contributed by atoms with E-state index in [1.54, 1.807) is 26.4 Å². The maximum absolute atomic E-state index is 11.6. The van der Waals surface area contributed by atoms with E-state index in [0.29, 0.717) is 5.69 Å². The second-order valence-electron chi connectivity index (χ2n) is 3.43. The summed E-state index contributed by atoms with van der Waals surface area (Å²) in [6.07, 6.45) is 1.72. The number of pyridine rings is 1. The highest BCUT2D eigenvalue weighted by atomic mass is 35.5. The standard InChI is InChI=1S/C10H15N3O2.ClH/c1-7-4-8(10(15)13(3)6-7)12-9(14)5-11-2;/h4,6,11H,5H2,1-3H3,(H,12,14);1H. The van der Waals surface area contributed by atoms with Crippen LogP contribution in [-0.2, 0) is 11.8 Å². The molecule has 1 heterocycles. The zero-order valence-electron chi connectivity index (χ0n) is 9.53. The van der Waals surface area contributed by atoms with Crippen LogP contribution >= 0.6 is 12.4 Å². The van der Waals surface area contributed by atoms with Gasteiger partial charge in [0.05, 0.1) is 6.54 Å². The van der Waals surface area contributed by atoms with E-state index in [2.05, 4.69) is 10.6 Å². The Morgan fingerprint density at radius 2 is 2.12 bits per heavy atom. The Hall–Kier alpha value is -1.33. The van der Waals surface area contributed by atoms with Crippen molar-refractivity contribution < 1.29 is 4.79 Å². The average Bonchev–Trinajstić information content (AvgIpc) is 2.13. The van der Waals surface area contributed by atoms with E-state index in [0.717, 1.165) is 5.56 Å². The number of anilines is 1. The van der Waals surface area contributed by atoms with Crippen molar-refractivity contribution in [3.05, 3.63) is 28.2 Å². The highest BCUT2D eigenvalue weighted by molar-refractivity contribution is 5.92. The first-order valence-corrected chi connectivity index (χ1v) is 4.66. The molecule has 1 rings (SSSR count). The Morgan fingerprint density at radius 1 is 1.50 bits per heavy atom. The van der Waals surface area contributed by atoms with Gasteiger partial charge in [0.2, 0.25) is 5.91 Å². The second kappa shape index (κ2) is 6.30. The Balaban J connectivity index is 0.00000225. The summed E-state index contributed by atoms with van der Waals surface area (Å²) in [5, 5.41) is 5.27. The minimum Gasteiger partial charge on any atom is -0.320 e. The molecule has 16 heavy (non-hydrogen) atoms. The second-order valence-corrected chi connectivity index (χ2v) is 3.43. The number of hydrogen-bond acceptors (Lipinski definition) is 3. The van der Waals surface area contributed by atoms with Crippen molar-refractivity contribution in [1.82, 2.24) is 9.88 Å². The fourth-order valence-corrected chi connectivity index (χ4v) is 1.33. The smallest absolute Gasteiger partial charge is 0.274 e. The van der Waals surface area contributed by atoms with Crippen LogP contribution in [0.3, 0.4) is 0 Å². The zero-order chi connectivity index (χ0) is 11.4. The molecule has 0 aliphatic rings. The molecule has 0 saturated heterocycles. The molecular weight excluding hydrogens is 230 g/mol. The fraction of sp³-hybridized carbons (Fsp3) is 0.400. The predicted octanol–water partition coefficient (Wildman–Crippen LogP) is 0.273. The molecule has 0 spiro atoms. The minimum absolute atomic E-state index is 0. The maximum atomic E-state index is 11.6. The number of carbonyl (C=O) groups excluding carboxylic acids is 1. The van der Waals surface area contributed by atoms with Crippen molar-refractivity contribution in [2.75, 3.05) is 18.9 Å². The molecule has 0 aliphatic heterocycles. The van der Waals surface area contributed by atoms with Gasteiger partial charge in [0, 0.05) is 13.2 Å². The third kappa shape index (κ3) is 3.67. The SMILES string of the molecule is CNCC(=O)Nc1cc(C)cn(C)c1=O.Cl. The Kier molecular flexibility index (Phi) is 5.77. The maximum Gasteiger partial charge on any atom is 0.274 e. The number of carbonyl (C=O) groups is 1. The van der Waals surface area contributed by atoms with Gasteiger partial charge >= 0.3 is 0 Å². The molecule has 0 aliphatic carbocycles. The molecule has 0 atom stereocenters. The van der Waals surface area contributed by atoms with Gasteiger partial charge in [-0.05, 0) is 25.6 Å². The van der Waals surface area contributed by atoms with Gasteiger partial charge in [-0.3, -0.25) is 9.59 Å². The summed E-state index contributed by atoms with van der Waals surface area (Å²) < 4.78 is 1.45. The summed E-state index contributed by atoms with van der Waals surface area (Å²) in [5.41, 5.74) is 1.04. The fourth-order valence-electron chi connectivity index (χ4n) is 1.33. The lowest BCUT2D eigenvalue weighted by atomic mass is 10.3. The molecule has 2 N–H and O–H groups in total. The summed E-state index contributed by atoms with van der Waals surface area (Å²) in [7, 11) is 3.33. The van der Waals surface area contributed by atoms with Crippen molar-refractivity contribution in [2.45, 2.75) is 6.92 Å². The van der Waals surface area contributed by atoms with Crippen LogP contribution in [0.5, 0.6) is 0 Å². The van der Waals surface area contributed by atoms with Gasteiger partial charge in [0.15, 0.2) is 0 Å². The van der Waals surface area contributed by atoms with Crippen molar-refractivity contribution in [3.8, 4) is 0 Å². The van der Waals surface area contributed by atoms with Gasteiger partial charge in [-0.25, -0.2) is 0 Å².